The maximum Gasteiger partial charge on any atom is 0.408 e. The highest BCUT2D eigenvalue weighted by atomic mass is 127. The lowest BCUT2D eigenvalue weighted by Crippen LogP contribution is -2.58. The lowest BCUT2D eigenvalue weighted by atomic mass is 9.98. The van der Waals surface area contributed by atoms with Crippen molar-refractivity contribution in [1.82, 2.24) is 28.4 Å². The quantitative estimate of drug-likeness (QED) is 0.187. The van der Waals surface area contributed by atoms with Gasteiger partial charge in [-0.1, -0.05) is 38.0 Å². The first-order chi connectivity index (χ1) is 25.5. The largest absolute Gasteiger partial charge is 0.444 e. The molecule has 2 aliphatic heterocycles. The Morgan fingerprint density at radius 1 is 1.11 bits per heavy atom. The van der Waals surface area contributed by atoms with Crippen LogP contribution in [-0.4, -0.2) is 93.2 Å². The summed E-state index contributed by atoms with van der Waals surface area (Å²) < 4.78 is 34.6. The highest BCUT2D eigenvalue weighted by Gasteiger charge is 2.45. The van der Waals surface area contributed by atoms with Crippen molar-refractivity contribution in [2.45, 2.75) is 108 Å². The standard InChI is InChI=1S/C37H49IN6O8S2/c1-23-11-8-6-5-7-9-12-28(40-36(49)52-37(2,3)4)34(47)43-20-24(19-30(43)32(45)41-31(23)33(46)42-54(50,51)26-15-16-26)21-44(38)35(48)29-14-10-13-27(39-29)25-17-18-53-22-25/h8,10-11,13-14,17-18,22-24,26,28,30-31H,5-7,9,12,15-16,19-21H2,1-4H3,(H,40,49)(H,41,45)(H,42,46)/b11-8-/t23-,24+,28-,30-,31?/m0/s1. The fraction of sp³-hybridized carbons (Fsp3) is 0.568. The molecule has 54 heavy (non-hydrogen) atoms. The van der Waals surface area contributed by atoms with E-state index in [9.17, 15) is 32.4 Å². The number of ether oxygens (including phenoxy) is 1. The van der Waals surface area contributed by atoms with Gasteiger partial charge in [-0.15, -0.1) is 0 Å². The lowest BCUT2D eigenvalue weighted by Gasteiger charge is -2.31. The summed E-state index contributed by atoms with van der Waals surface area (Å²) in [6.45, 7) is 7.14. The monoisotopic (exact) mass is 896 g/mol. The first-order valence-corrected chi connectivity index (χ1v) is 21.8. The summed E-state index contributed by atoms with van der Waals surface area (Å²) in [5.41, 5.74) is 0.995. The molecule has 5 atom stereocenters. The van der Waals surface area contributed by atoms with Gasteiger partial charge in [0, 0.05) is 30.0 Å². The third-order valence-electron chi connectivity index (χ3n) is 9.50. The van der Waals surface area contributed by atoms with Crippen LogP contribution in [0.4, 0.5) is 4.79 Å². The minimum atomic E-state index is -3.90. The van der Waals surface area contributed by atoms with Gasteiger partial charge in [-0.3, -0.25) is 27.0 Å². The SMILES string of the molecule is C[C@H]1/C=C\CCCCC[C@H](NC(=O)OC(C)(C)C)C(=O)N2C[C@H](CN(I)C(=O)c3cccc(-c4ccsc4)n3)C[C@H]2C(=O)NC1C(=O)NS(=O)(=O)C1CC1. The second kappa shape index (κ2) is 17.9. The average molecular weight is 897 g/mol. The molecule has 3 N–H and O–H groups in total. The van der Waals surface area contributed by atoms with E-state index in [1.54, 1.807) is 45.9 Å². The Hall–Kier alpha value is -3.58. The lowest BCUT2D eigenvalue weighted by molar-refractivity contribution is -0.141. The van der Waals surface area contributed by atoms with E-state index in [-0.39, 0.29) is 37.0 Å². The van der Waals surface area contributed by atoms with E-state index in [0.29, 0.717) is 37.8 Å². The molecular weight excluding hydrogens is 847 g/mol. The van der Waals surface area contributed by atoms with E-state index >= 15 is 0 Å². The Morgan fingerprint density at radius 3 is 2.56 bits per heavy atom. The molecular formula is C37H49IN6O8S2. The maximum absolute atomic E-state index is 14.4. The molecule has 0 spiro atoms. The number of allylic oxidation sites excluding steroid dienone is 1. The number of carbonyl (C=O) groups is 5. The highest BCUT2D eigenvalue weighted by molar-refractivity contribution is 14.1. The highest BCUT2D eigenvalue weighted by Crippen LogP contribution is 2.30. The van der Waals surface area contributed by atoms with Gasteiger partial charge in [-0.25, -0.2) is 18.2 Å². The summed E-state index contributed by atoms with van der Waals surface area (Å²) in [6, 6.07) is 3.83. The van der Waals surface area contributed by atoms with Crippen molar-refractivity contribution in [2.75, 3.05) is 13.1 Å². The average Bonchev–Trinajstić information content (AvgIpc) is 3.68. The Bertz CT molecular complexity index is 1830. The van der Waals surface area contributed by atoms with Gasteiger partial charge in [0.15, 0.2) is 0 Å². The van der Waals surface area contributed by atoms with Crippen LogP contribution in [0, 0.1) is 11.8 Å². The van der Waals surface area contributed by atoms with E-state index in [0.717, 1.165) is 18.4 Å². The first-order valence-electron chi connectivity index (χ1n) is 18.3. The van der Waals surface area contributed by atoms with Gasteiger partial charge in [-0.05, 0) is 88.8 Å². The van der Waals surface area contributed by atoms with Crippen molar-refractivity contribution in [3.63, 3.8) is 0 Å². The molecule has 0 bridgehead atoms. The van der Waals surface area contributed by atoms with Crippen LogP contribution in [0.15, 0.2) is 47.2 Å². The van der Waals surface area contributed by atoms with Gasteiger partial charge in [0.2, 0.25) is 21.8 Å². The van der Waals surface area contributed by atoms with Crippen molar-refractivity contribution in [3.8, 4) is 11.3 Å². The van der Waals surface area contributed by atoms with Crippen LogP contribution in [-0.2, 0) is 29.1 Å². The van der Waals surface area contributed by atoms with E-state index in [1.807, 2.05) is 51.8 Å². The van der Waals surface area contributed by atoms with Crippen LogP contribution in [0.2, 0.25) is 0 Å². The summed E-state index contributed by atoms with van der Waals surface area (Å²) in [5, 5.41) is 8.74. The predicted molar refractivity (Wildman–Crippen MR) is 213 cm³/mol. The molecule has 1 saturated heterocycles. The van der Waals surface area contributed by atoms with Crippen molar-refractivity contribution in [2.24, 2.45) is 11.8 Å². The van der Waals surface area contributed by atoms with Gasteiger partial charge in [0.25, 0.3) is 11.8 Å². The van der Waals surface area contributed by atoms with E-state index in [1.165, 1.54) is 19.4 Å². The molecule has 4 heterocycles. The summed E-state index contributed by atoms with van der Waals surface area (Å²) >= 11 is 3.45. The predicted octanol–water partition coefficient (Wildman–Crippen LogP) is 4.96. The number of hydrogen-bond acceptors (Lipinski definition) is 10. The zero-order valence-electron chi connectivity index (χ0n) is 31.0. The zero-order valence-corrected chi connectivity index (χ0v) is 34.7. The topological polar surface area (TPSA) is 184 Å². The zero-order chi connectivity index (χ0) is 39.2. The molecule has 5 rings (SSSR count). The third kappa shape index (κ3) is 11.2. The summed E-state index contributed by atoms with van der Waals surface area (Å²) in [5.74, 6) is -3.26. The number of sulfonamides is 1. The Balaban J connectivity index is 1.41. The number of halogens is 1. The van der Waals surface area contributed by atoms with Gasteiger partial charge < -0.3 is 20.3 Å². The molecule has 2 aromatic heterocycles. The van der Waals surface area contributed by atoms with Gasteiger partial charge >= 0.3 is 6.09 Å². The number of pyridine rings is 1. The van der Waals surface area contributed by atoms with Crippen LogP contribution >= 0.6 is 34.2 Å². The molecule has 5 amide bonds. The number of rotatable bonds is 8. The Morgan fingerprint density at radius 2 is 1.87 bits per heavy atom. The summed E-state index contributed by atoms with van der Waals surface area (Å²) in [4.78, 5) is 74.7. The molecule has 2 fully saturated rings. The number of alkyl carbamates (subject to hydrolysis) is 1. The number of carbonyl (C=O) groups excluding carboxylic acids is 5. The number of aromatic nitrogens is 1. The van der Waals surface area contributed by atoms with Crippen LogP contribution < -0.4 is 15.4 Å². The Kier molecular flexibility index (Phi) is 13.8. The van der Waals surface area contributed by atoms with Crippen molar-refractivity contribution in [3.05, 3.63) is 52.9 Å². The number of amides is 5. The minimum Gasteiger partial charge on any atom is -0.444 e. The van der Waals surface area contributed by atoms with Gasteiger partial charge in [0.1, 0.15) is 29.4 Å². The second-order valence-corrected chi connectivity index (χ2v) is 19.1. The van der Waals surface area contributed by atoms with E-state index < -0.39 is 68.7 Å². The molecule has 2 aromatic rings. The van der Waals surface area contributed by atoms with Gasteiger partial charge in [-0.2, -0.15) is 11.3 Å². The Labute approximate surface area is 334 Å². The van der Waals surface area contributed by atoms with Crippen molar-refractivity contribution in [1.29, 1.82) is 0 Å². The number of fused-ring (bicyclic) bond motifs is 1. The van der Waals surface area contributed by atoms with Crippen LogP contribution in [0.25, 0.3) is 11.3 Å². The van der Waals surface area contributed by atoms with Crippen molar-refractivity contribution < 1.29 is 37.1 Å². The molecule has 0 radical (unpaired) electrons. The molecule has 14 nitrogen and oxygen atoms in total. The van der Waals surface area contributed by atoms with Crippen LogP contribution in [0.5, 0.6) is 0 Å². The fourth-order valence-corrected chi connectivity index (χ4v) is 9.36. The molecule has 1 saturated carbocycles. The number of nitrogens with one attached hydrogen (secondary N) is 3. The summed E-state index contributed by atoms with van der Waals surface area (Å²) in [7, 11) is -3.90. The molecule has 1 unspecified atom stereocenters. The second-order valence-electron chi connectivity index (χ2n) is 15.2. The normalized spacial score (nSPS) is 25.0. The number of thiophene rings is 1. The maximum atomic E-state index is 14.4. The molecule has 3 aliphatic rings. The first kappa shape index (κ1) is 41.6. The molecule has 1 aliphatic carbocycles. The number of nitrogens with zero attached hydrogens (tertiary/aromatic N) is 3. The van der Waals surface area contributed by atoms with E-state index in [4.69, 9.17) is 4.74 Å². The fourth-order valence-electron chi connectivity index (χ4n) is 6.57. The van der Waals surface area contributed by atoms with E-state index in [2.05, 4.69) is 20.3 Å². The summed E-state index contributed by atoms with van der Waals surface area (Å²) in [6.07, 6.45) is 7.11. The van der Waals surface area contributed by atoms with Crippen LogP contribution in [0.1, 0.15) is 89.5 Å². The number of hydrogen-bond donors (Lipinski definition) is 3. The molecule has 17 heteroatoms. The molecule has 0 aromatic carbocycles. The smallest absolute Gasteiger partial charge is 0.408 e. The van der Waals surface area contributed by atoms with Gasteiger partial charge in [0.05, 0.1) is 33.8 Å². The molecule has 294 valence electrons. The van der Waals surface area contributed by atoms with Crippen molar-refractivity contribution >= 4 is 73.9 Å². The van der Waals surface area contributed by atoms with Crippen LogP contribution in [0.3, 0.4) is 0 Å². The minimum absolute atomic E-state index is 0.0843. The third-order valence-corrected chi connectivity index (χ3v) is 12.9.